The normalized spacial score (nSPS) is 16.7. The fourth-order valence-corrected chi connectivity index (χ4v) is 6.09. The molecular formula is C31H27NO3S. The summed E-state index contributed by atoms with van der Waals surface area (Å²) >= 11 is 0. The predicted molar refractivity (Wildman–Crippen MR) is 145 cm³/mol. The van der Waals surface area contributed by atoms with Crippen LogP contribution in [0.25, 0.3) is 5.70 Å². The lowest BCUT2D eigenvalue weighted by atomic mass is 9.88. The first-order chi connectivity index (χ1) is 17.6. The Kier molecular flexibility index (Phi) is 6.83. The van der Waals surface area contributed by atoms with Crippen molar-refractivity contribution < 1.29 is 13.7 Å². The zero-order valence-corrected chi connectivity index (χ0v) is 21.1. The largest absolute Gasteiger partial charge is 0.497 e. The van der Waals surface area contributed by atoms with Crippen LogP contribution < -0.4 is 9.64 Å². The number of rotatable bonds is 6. The van der Waals surface area contributed by atoms with E-state index in [2.05, 4.69) is 0 Å². The maximum absolute atomic E-state index is 14.4. The number of methoxy groups -OCH3 is 1. The van der Waals surface area contributed by atoms with Gasteiger partial charge in [-0.1, -0.05) is 78.4 Å². The summed E-state index contributed by atoms with van der Waals surface area (Å²) in [5.41, 5.74) is 4.31. The van der Waals surface area contributed by atoms with Crippen molar-refractivity contribution in [3.8, 4) is 5.75 Å². The van der Waals surface area contributed by atoms with E-state index in [0.717, 1.165) is 21.6 Å². The second-order valence-corrected chi connectivity index (χ2v) is 10.2. The monoisotopic (exact) mass is 493 g/mol. The number of nitrogens with zero attached hydrogens (tertiary/aromatic N) is 1. The molecule has 2 atom stereocenters. The molecule has 36 heavy (non-hydrogen) atoms. The van der Waals surface area contributed by atoms with Gasteiger partial charge in [-0.15, -0.1) is 0 Å². The summed E-state index contributed by atoms with van der Waals surface area (Å²) in [6, 6.07) is 34.9. The van der Waals surface area contributed by atoms with E-state index >= 15 is 0 Å². The van der Waals surface area contributed by atoms with Crippen LogP contribution >= 0.6 is 0 Å². The molecule has 0 fully saturated rings. The third-order valence-corrected chi connectivity index (χ3v) is 7.99. The third kappa shape index (κ3) is 4.62. The van der Waals surface area contributed by atoms with E-state index in [1.165, 1.54) is 0 Å². The topological polar surface area (TPSA) is 46.6 Å². The molecule has 1 aliphatic rings. The van der Waals surface area contributed by atoms with Gasteiger partial charge in [-0.25, -0.2) is 4.21 Å². The SMILES string of the molecule is COc1ccc(N2C(=O)C[C@@H](c3ccccc3)C(S(=O)c3ccc(C)cc3)=C2c2ccccc2)cc1. The van der Waals surface area contributed by atoms with Crippen molar-refractivity contribution in [1.82, 2.24) is 0 Å². The summed E-state index contributed by atoms with van der Waals surface area (Å²) < 4.78 is 19.7. The molecule has 0 N–H and O–H groups in total. The number of hydrogen-bond donors (Lipinski definition) is 0. The molecule has 5 heteroatoms. The van der Waals surface area contributed by atoms with Crippen molar-refractivity contribution in [3.05, 3.63) is 131 Å². The Balaban J connectivity index is 1.79. The molecule has 0 bridgehead atoms. The van der Waals surface area contributed by atoms with Gasteiger partial charge in [0.1, 0.15) is 5.75 Å². The summed E-state index contributed by atoms with van der Waals surface area (Å²) in [7, 11) is 0.121. The van der Waals surface area contributed by atoms with Crippen molar-refractivity contribution in [1.29, 1.82) is 0 Å². The number of benzene rings is 4. The lowest BCUT2D eigenvalue weighted by Crippen LogP contribution is -2.37. The molecule has 0 saturated carbocycles. The van der Waals surface area contributed by atoms with Crippen LogP contribution in [0.15, 0.2) is 119 Å². The van der Waals surface area contributed by atoms with Crippen molar-refractivity contribution in [3.63, 3.8) is 0 Å². The minimum Gasteiger partial charge on any atom is -0.497 e. The van der Waals surface area contributed by atoms with Crippen molar-refractivity contribution in [2.24, 2.45) is 0 Å². The highest BCUT2D eigenvalue weighted by atomic mass is 32.2. The molecule has 4 nitrogen and oxygen atoms in total. The van der Waals surface area contributed by atoms with Gasteiger partial charge in [0.2, 0.25) is 5.91 Å². The minimum atomic E-state index is -1.49. The fourth-order valence-electron chi connectivity index (χ4n) is 4.59. The number of anilines is 1. The average Bonchev–Trinajstić information content (AvgIpc) is 2.93. The first kappa shape index (κ1) is 23.8. The van der Waals surface area contributed by atoms with Crippen LogP contribution in [0.3, 0.4) is 0 Å². The van der Waals surface area contributed by atoms with E-state index in [1.807, 2.05) is 116 Å². The Morgan fingerprint density at radius 2 is 1.42 bits per heavy atom. The molecule has 1 amide bonds. The molecule has 1 unspecified atom stereocenters. The van der Waals surface area contributed by atoms with Crippen LogP contribution in [-0.2, 0) is 15.6 Å². The highest BCUT2D eigenvalue weighted by Gasteiger charge is 2.39. The lowest BCUT2D eigenvalue weighted by Gasteiger charge is -2.36. The number of carbonyl (C=O) groups excluding carboxylic acids is 1. The Labute approximate surface area is 214 Å². The molecule has 5 rings (SSSR count). The molecule has 4 aromatic rings. The van der Waals surface area contributed by atoms with Crippen molar-refractivity contribution in [2.45, 2.75) is 24.2 Å². The number of carbonyl (C=O) groups is 1. The number of aryl methyl sites for hydroxylation is 1. The molecule has 0 radical (unpaired) electrons. The highest BCUT2D eigenvalue weighted by molar-refractivity contribution is 7.89. The van der Waals surface area contributed by atoms with Crippen LogP contribution in [0, 0.1) is 6.92 Å². The minimum absolute atomic E-state index is 0.0440. The Hall–Kier alpha value is -3.96. The fraction of sp³-hybridized carbons (Fsp3) is 0.129. The second kappa shape index (κ2) is 10.3. The summed E-state index contributed by atoms with van der Waals surface area (Å²) in [6.07, 6.45) is 0.222. The first-order valence-corrected chi connectivity index (χ1v) is 13.0. The molecule has 0 saturated heterocycles. The molecule has 0 aromatic heterocycles. The number of hydrogen-bond acceptors (Lipinski definition) is 3. The molecule has 1 aliphatic heterocycles. The van der Waals surface area contributed by atoms with Gasteiger partial charge in [0.15, 0.2) is 0 Å². The molecule has 1 heterocycles. The first-order valence-electron chi connectivity index (χ1n) is 11.9. The average molecular weight is 494 g/mol. The number of amides is 1. The number of ether oxygens (including phenoxy) is 1. The molecular weight excluding hydrogens is 466 g/mol. The van der Waals surface area contributed by atoms with Crippen LogP contribution in [0.2, 0.25) is 0 Å². The van der Waals surface area contributed by atoms with E-state index in [0.29, 0.717) is 22.0 Å². The molecule has 180 valence electrons. The Morgan fingerprint density at radius 3 is 2.03 bits per heavy atom. The Bertz CT molecular complexity index is 1410. The quantitative estimate of drug-likeness (QED) is 0.300. The van der Waals surface area contributed by atoms with E-state index < -0.39 is 10.8 Å². The van der Waals surface area contributed by atoms with Crippen LogP contribution in [0.1, 0.15) is 29.0 Å². The van der Waals surface area contributed by atoms with Gasteiger partial charge in [-0.05, 0) is 54.4 Å². The van der Waals surface area contributed by atoms with Crippen molar-refractivity contribution in [2.75, 3.05) is 12.0 Å². The molecule has 4 aromatic carbocycles. The third-order valence-electron chi connectivity index (χ3n) is 6.42. The zero-order valence-electron chi connectivity index (χ0n) is 20.3. The summed E-state index contributed by atoms with van der Waals surface area (Å²) in [5.74, 6) is 0.349. The van der Waals surface area contributed by atoms with Crippen molar-refractivity contribution >= 4 is 28.1 Å². The van der Waals surface area contributed by atoms with Gasteiger partial charge in [0.25, 0.3) is 0 Å². The predicted octanol–water partition coefficient (Wildman–Crippen LogP) is 6.70. The van der Waals surface area contributed by atoms with Gasteiger partial charge in [0, 0.05) is 22.9 Å². The van der Waals surface area contributed by atoms with Gasteiger partial charge in [0.05, 0.1) is 28.5 Å². The standard InChI is InChI=1S/C31H27NO3S/c1-22-13-19-27(20-14-22)36(34)31-28(23-9-5-3-6-10-23)21-29(33)32(25-15-17-26(35-2)18-16-25)30(31)24-11-7-4-8-12-24/h3-20,28H,21H2,1-2H3/t28-,36?/m0/s1. The Morgan fingerprint density at radius 1 is 0.806 bits per heavy atom. The van der Waals surface area contributed by atoms with Gasteiger partial charge >= 0.3 is 0 Å². The summed E-state index contributed by atoms with van der Waals surface area (Å²) in [4.78, 5) is 17.0. The number of allylic oxidation sites excluding steroid dienone is 1. The maximum atomic E-state index is 14.4. The van der Waals surface area contributed by atoms with Crippen LogP contribution in [0.5, 0.6) is 5.75 Å². The molecule has 0 spiro atoms. The summed E-state index contributed by atoms with van der Waals surface area (Å²) in [5, 5.41) is 0. The lowest BCUT2D eigenvalue weighted by molar-refractivity contribution is -0.118. The van der Waals surface area contributed by atoms with Gasteiger partial charge in [-0.3, -0.25) is 9.69 Å². The van der Waals surface area contributed by atoms with E-state index in [9.17, 15) is 9.00 Å². The van der Waals surface area contributed by atoms with E-state index in [1.54, 1.807) is 12.0 Å². The van der Waals surface area contributed by atoms with Crippen LogP contribution in [0.4, 0.5) is 5.69 Å². The molecule has 0 aliphatic carbocycles. The van der Waals surface area contributed by atoms with Gasteiger partial charge in [-0.2, -0.15) is 0 Å². The van der Waals surface area contributed by atoms with E-state index in [4.69, 9.17) is 4.74 Å². The van der Waals surface area contributed by atoms with Crippen LogP contribution in [-0.4, -0.2) is 17.2 Å². The van der Waals surface area contributed by atoms with Gasteiger partial charge < -0.3 is 4.74 Å². The van der Waals surface area contributed by atoms with E-state index in [-0.39, 0.29) is 18.2 Å². The second-order valence-electron chi connectivity index (χ2n) is 8.76. The maximum Gasteiger partial charge on any atom is 0.232 e. The zero-order chi connectivity index (χ0) is 25.1. The smallest absolute Gasteiger partial charge is 0.232 e. The summed E-state index contributed by atoms with van der Waals surface area (Å²) in [6.45, 7) is 2.01. The highest BCUT2D eigenvalue weighted by Crippen LogP contribution is 2.45.